The minimum Gasteiger partial charge on any atom is -0.478 e. The second-order valence-corrected chi connectivity index (χ2v) is 11.5. The Balaban J connectivity index is 0.000000260. The van der Waals surface area contributed by atoms with Crippen molar-refractivity contribution >= 4 is 5.90 Å². The smallest absolute Gasteiger partial charge is 0.478 e. The number of ether oxygens (including phenoxy) is 1. The van der Waals surface area contributed by atoms with Crippen LogP contribution in [0, 0.1) is 61.2 Å². The third kappa shape index (κ3) is 7.37. The Bertz CT molecular complexity index is 1430. The molecule has 5 aromatic rings. The van der Waals surface area contributed by atoms with Gasteiger partial charge in [-0.15, -0.1) is 0 Å². The quantitative estimate of drug-likeness (QED) is 0.178. The van der Waals surface area contributed by atoms with Gasteiger partial charge in [-0.3, -0.25) is 0 Å². The van der Waals surface area contributed by atoms with Crippen molar-refractivity contribution < 1.29 is 26.9 Å². The Morgan fingerprint density at radius 1 is 0.479 bits per heavy atom. The van der Waals surface area contributed by atoms with E-state index in [2.05, 4.69) is 157 Å². The van der Waals surface area contributed by atoms with Crippen LogP contribution in [0.25, 0.3) is 0 Å². The van der Waals surface area contributed by atoms with Gasteiger partial charge in [0.15, 0.2) is 5.90 Å². The van der Waals surface area contributed by atoms with Crippen LogP contribution in [0.5, 0.6) is 0 Å². The van der Waals surface area contributed by atoms with E-state index in [1.165, 1.54) is 57.4 Å². The molecule has 1 N–H and O–H groups in total. The molecule has 48 heavy (non-hydrogen) atoms. The van der Waals surface area contributed by atoms with Gasteiger partial charge in [-0.1, -0.05) is 152 Å². The zero-order chi connectivity index (χ0) is 31.8. The maximum Gasteiger partial charge on any atom is 2.00 e. The summed E-state index contributed by atoms with van der Waals surface area (Å²) in [5.74, 6) is 8.04. The summed E-state index contributed by atoms with van der Waals surface area (Å²) in [7, 11) is 0. The molecular formula is C44H35FeNO2+2. The van der Waals surface area contributed by atoms with E-state index >= 15 is 0 Å². The molecule has 3 aliphatic rings. The van der Waals surface area contributed by atoms with Gasteiger partial charge in [-0.25, -0.2) is 4.99 Å². The first-order valence-electron chi connectivity index (χ1n) is 16.0. The third-order valence-electron chi connectivity index (χ3n) is 8.39. The van der Waals surface area contributed by atoms with E-state index in [4.69, 9.17) is 9.84 Å². The molecule has 1 heterocycles. The van der Waals surface area contributed by atoms with E-state index < -0.39 is 0 Å². The number of aliphatic imine (C=N–C) groups is 1. The minimum atomic E-state index is -0.0742. The Morgan fingerprint density at radius 3 is 1.02 bits per heavy atom. The van der Waals surface area contributed by atoms with Crippen molar-refractivity contribution in [2.24, 2.45) is 4.99 Å². The molecule has 2 fully saturated rings. The van der Waals surface area contributed by atoms with Crippen molar-refractivity contribution in [1.82, 2.24) is 0 Å². The molecule has 2 aliphatic carbocycles. The van der Waals surface area contributed by atoms with Gasteiger partial charge in [0.05, 0.1) is 12.5 Å². The Kier molecular flexibility index (Phi) is 11.6. The molecule has 2 saturated carbocycles. The second-order valence-electron chi connectivity index (χ2n) is 11.5. The molecule has 0 saturated heterocycles. The standard InChI is InChI=1S/C35H25.C9H10NO2.Fe/c1-6-16-26(17-7-1)31-32(27-18-8-2-9-19-27)34(29-22-12-4-13-23-29)35(30-24-14-5-15-25-30)33(31)28-20-10-3-11-21-28;11-5-8-6-12-9(10-8)7-3-1-2-4-7;/h1-25H;1-4,8,11H,5-6H2;/q;;+2/t;8-;/m.1./s1. The van der Waals surface area contributed by atoms with Gasteiger partial charge < -0.3 is 9.84 Å². The molecule has 3 nitrogen and oxygen atoms in total. The Hall–Kier alpha value is -3.95. The van der Waals surface area contributed by atoms with Crippen molar-refractivity contribution in [3.8, 4) is 0 Å². The van der Waals surface area contributed by atoms with E-state index in [0.29, 0.717) is 12.5 Å². The van der Waals surface area contributed by atoms with Crippen molar-refractivity contribution in [1.29, 1.82) is 0 Å². The summed E-state index contributed by atoms with van der Waals surface area (Å²) in [6, 6.07) is 54.1. The maximum absolute atomic E-state index is 8.79. The molecule has 8 rings (SSSR count). The number of benzene rings is 5. The maximum atomic E-state index is 8.79. The number of nitrogens with zero attached hydrogens (tertiary/aromatic N) is 1. The largest absolute Gasteiger partial charge is 2.00 e. The van der Waals surface area contributed by atoms with E-state index in [-0.39, 0.29) is 29.7 Å². The zero-order valence-corrected chi connectivity index (χ0v) is 27.5. The Labute approximate surface area is 296 Å². The SMILES string of the molecule is OC[C@@H]1COC([C]2[CH][CH][CH][CH]2)=N1.[Fe+2].c1ccc([C]2[C](c3ccccc3)[C](c3ccccc3)[C](c3ccccc3)[C]2c2ccccc2)cc1. The number of aliphatic hydroxyl groups is 1. The molecule has 10 radical (unpaired) electrons. The number of hydrogen-bond donors (Lipinski definition) is 1. The summed E-state index contributed by atoms with van der Waals surface area (Å²) in [4.78, 5) is 4.19. The monoisotopic (exact) mass is 665 g/mol. The van der Waals surface area contributed by atoms with Crippen LogP contribution in [0.4, 0.5) is 0 Å². The minimum absolute atomic E-state index is 0. The summed E-state index contributed by atoms with van der Waals surface area (Å²) in [5, 5.41) is 8.79. The van der Waals surface area contributed by atoms with E-state index in [1.807, 2.05) is 25.7 Å². The van der Waals surface area contributed by atoms with Gasteiger partial charge in [0.2, 0.25) is 0 Å². The van der Waals surface area contributed by atoms with Crippen LogP contribution in [-0.2, 0) is 21.8 Å². The predicted molar refractivity (Wildman–Crippen MR) is 189 cm³/mol. The molecule has 0 spiro atoms. The van der Waals surface area contributed by atoms with Gasteiger partial charge in [-0.2, -0.15) is 0 Å². The fourth-order valence-electron chi connectivity index (χ4n) is 6.28. The van der Waals surface area contributed by atoms with Gasteiger partial charge >= 0.3 is 17.1 Å². The topological polar surface area (TPSA) is 41.8 Å². The number of rotatable bonds is 7. The van der Waals surface area contributed by atoms with Crippen LogP contribution >= 0.6 is 0 Å². The molecule has 0 aromatic heterocycles. The molecule has 0 unspecified atom stereocenters. The fraction of sp³-hybridized carbons (Fsp3) is 0.0682. The fourth-order valence-corrected chi connectivity index (χ4v) is 6.28. The van der Waals surface area contributed by atoms with Crippen molar-refractivity contribution in [3.05, 3.63) is 241 Å². The summed E-state index contributed by atoms with van der Waals surface area (Å²) >= 11 is 0. The summed E-state index contributed by atoms with van der Waals surface area (Å²) < 4.78 is 5.29. The number of aliphatic hydroxyl groups excluding tert-OH is 1. The van der Waals surface area contributed by atoms with Crippen LogP contribution < -0.4 is 0 Å². The summed E-state index contributed by atoms with van der Waals surface area (Å²) in [5.41, 5.74) is 6.13. The molecule has 0 bridgehead atoms. The van der Waals surface area contributed by atoms with Gasteiger partial charge in [0, 0.05) is 29.6 Å². The average Bonchev–Trinajstić information content (AvgIpc) is 3.93. The van der Waals surface area contributed by atoms with E-state index in [0.717, 1.165) is 5.92 Å². The van der Waals surface area contributed by atoms with E-state index in [1.54, 1.807) is 0 Å². The molecule has 1 atom stereocenters. The second kappa shape index (κ2) is 16.4. The predicted octanol–water partition coefficient (Wildman–Crippen LogP) is 8.29. The third-order valence-corrected chi connectivity index (χ3v) is 8.39. The molecule has 0 amide bonds. The first-order chi connectivity index (χ1) is 23.3. The van der Waals surface area contributed by atoms with E-state index in [9.17, 15) is 0 Å². The van der Waals surface area contributed by atoms with Crippen molar-refractivity contribution in [3.63, 3.8) is 0 Å². The van der Waals surface area contributed by atoms with Crippen LogP contribution in [0.3, 0.4) is 0 Å². The van der Waals surface area contributed by atoms with Crippen LogP contribution in [0.15, 0.2) is 157 Å². The van der Waals surface area contributed by atoms with Crippen molar-refractivity contribution in [2.45, 2.75) is 6.04 Å². The number of hydrogen-bond acceptors (Lipinski definition) is 3. The summed E-state index contributed by atoms with van der Waals surface area (Å²) in [6.45, 7) is 0.557. The van der Waals surface area contributed by atoms with Crippen LogP contribution in [-0.4, -0.2) is 30.3 Å². The molecule has 1 aliphatic heterocycles. The Morgan fingerprint density at radius 2 is 0.771 bits per heavy atom. The van der Waals surface area contributed by atoms with Gasteiger partial charge in [0.1, 0.15) is 12.6 Å². The summed E-state index contributed by atoms with van der Waals surface area (Å²) in [6.07, 6.45) is 7.76. The van der Waals surface area contributed by atoms with Gasteiger partial charge in [0.25, 0.3) is 0 Å². The first kappa shape index (κ1) is 33.9. The molecular weight excluding hydrogens is 630 g/mol. The van der Waals surface area contributed by atoms with Gasteiger partial charge in [-0.05, 0) is 53.5 Å². The van der Waals surface area contributed by atoms with Crippen LogP contribution in [0.1, 0.15) is 27.8 Å². The molecule has 5 aromatic carbocycles. The van der Waals surface area contributed by atoms with Crippen molar-refractivity contribution in [2.75, 3.05) is 13.2 Å². The normalized spacial score (nSPS) is 19.3. The zero-order valence-electron chi connectivity index (χ0n) is 26.4. The molecule has 234 valence electrons. The first-order valence-corrected chi connectivity index (χ1v) is 16.0. The molecule has 4 heteroatoms. The van der Waals surface area contributed by atoms with Crippen LogP contribution in [0.2, 0.25) is 0 Å². The average molecular weight is 666 g/mol.